The lowest BCUT2D eigenvalue weighted by Crippen LogP contribution is -2.59. The van der Waals surface area contributed by atoms with Crippen LogP contribution in [-0.2, 0) is 4.79 Å². The highest BCUT2D eigenvalue weighted by atomic mass is 16.2. The number of hydrogen-bond acceptors (Lipinski definition) is 4. The quantitative estimate of drug-likeness (QED) is 0.690. The molecule has 3 saturated heterocycles. The van der Waals surface area contributed by atoms with E-state index in [1.807, 2.05) is 11.9 Å². The molecule has 4 atom stereocenters. The van der Waals surface area contributed by atoms with Crippen LogP contribution in [0.3, 0.4) is 0 Å². The molecule has 0 aromatic rings. The van der Waals surface area contributed by atoms with Crippen molar-refractivity contribution in [2.75, 3.05) is 46.8 Å². The van der Waals surface area contributed by atoms with E-state index < -0.39 is 0 Å². The number of rotatable bonds is 1. The van der Waals surface area contributed by atoms with Crippen molar-refractivity contribution in [1.29, 1.82) is 0 Å². The SMILES string of the molecule is CN1CCC(N2CC[C@H]3CN(C)C(=O)[C@H]3C2)C(N)C1. The lowest BCUT2D eigenvalue weighted by molar-refractivity contribution is -0.131. The van der Waals surface area contributed by atoms with Crippen molar-refractivity contribution in [3.8, 4) is 0 Å². The van der Waals surface area contributed by atoms with Gasteiger partial charge in [0.1, 0.15) is 0 Å². The molecule has 0 aromatic heterocycles. The van der Waals surface area contributed by atoms with Gasteiger partial charge in [0.25, 0.3) is 0 Å². The minimum absolute atomic E-state index is 0.226. The zero-order valence-corrected chi connectivity index (χ0v) is 12.1. The minimum atomic E-state index is 0.226. The van der Waals surface area contributed by atoms with Gasteiger partial charge in [0.05, 0.1) is 5.92 Å². The molecular formula is C14H26N4O. The van der Waals surface area contributed by atoms with E-state index in [2.05, 4.69) is 16.8 Å². The molecule has 0 radical (unpaired) electrons. The van der Waals surface area contributed by atoms with Gasteiger partial charge in [-0.2, -0.15) is 0 Å². The Morgan fingerprint density at radius 3 is 2.63 bits per heavy atom. The number of nitrogens with zero attached hydrogens (tertiary/aromatic N) is 3. The van der Waals surface area contributed by atoms with Crippen LogP contribution in [0.1, 0.15) is 12.8 Å². The Kier molecular flexibility index (Phi) is 3.53. The molecule has 0 spiro atoms. The molecule has 2 unspecified atom stereocenters. The van der Waals surface area contributed by atoms with Crippen molar-refractivity contribution in [2.24, 2.45) is 17.6 Å². The van der Waals surface area contributed by atoms with Crippen LogP contribution in [-0.4, -0.2) is 79.5 Å². The molecule has 0 bridgehead atoms. The largest absolute Gasteiger partial charge is 0.345 e. The number of fused-ring (bicyclic) bond motifs is 1. The van der Waals surface area contributed by atoms with Crippen molar-refractivity contribution in [2.45, 2.75) is 24.9 Å². The second-order valence-electron chi connectivity index (χ2n) is 6.65. The van der Waals surface area contributed by atoms with Gasteiger partial charge in [-0.3, -0.25) is 9.69 Å². The van der Waals surface area contributed by atoms with Crippen LogP contribution in [0.15, 0.2) is 0 Å². The Hall–Kier alpha value is -0.650. The van der Waals surface area contributed by atoms with E-state index >= 15 is 0 Å². The first kappa shape index (κ1) is 13.3. The van der Waals surface area contributed by atoms with Crippen LogP contribution in [0.5, 0.6) is 0 Å². The predicted molar refractivity (Wildman–Crippen MR) is 74.7 cm³/mol. The van der Waals surface area contributed by atoms with Crippen LogP contribution >= 0.6 is 0 Å². The fourth-order valence-electron chi connectivity index (χ4n) is 4.14. The molecule has 108 valence electrons. The van der Waals surface area contributed by atoms with Gasteiger partial charge in [0.15, 0.2) is 0 Å². The molecule has 5 nitrogen and oxygen atoms in total. The first-order valence-electron chi connectivity index (χ1n) is 7.49. The molecule has 19 heavy (non-hydrogen) atoms. The molecular weight excluding hydrogens is 240 g/mol. The third-order valence-electron chi connectivity index (χ3n) is 5.28. The summed E-state index contributed by atoms with van der Waals surface area (Å²) in [6, 6.07) is 0.695. The molecule has 2 N–H and O–H groups in total. The molecule has 3 fully saturated rings. The van der Waals surface area contributed by atoms with E-state index in [0.717, 1.165) is 45.6 Å². The molecule has 3 heterocycles. The van der Waals surface area contributed by atoms with E-state index in [1.165, 1.54) is 0 Å². The average Bonchev–Trinajstić information content (AvgIpc) is 2.65. The summed E-state index contributed by atoms with van der Waals surface area (Å²) in [4.78, 5) is 18.9. The number of likely N-dealkylation sites (tertiary alicyclic amines) is 3. The number of likely N-dealkylation sites (N-methyl/N-ethyl adjacent to an activating group) is 1. The Morgan fingerprint density at radius 1 is 1.11 bits per heavy atom. The van der Waals surface area contributed by atoms with Gasteiger partial charge >= 0.3 is 0 Å². The third-order valence-corrected chi connectivity index (χ3v) is 5.28. The highest BCUT2D eigenvalue weighted by Gasteiger charge is 2.44. The summed E-state index contributed by atoms with van der Waals surface area (Å²) in [6.07, 6.45) is 2.29. The molecule has 5 heteroatoms. The molecule has 0 saturated carbocycles. The first-order chi connectivity index (χ1) is 9.06. The van der Waals surface area contributed by atoms with E-state index in [0.29, 0.717) is 17.9 Å². The summed E-state index contributed by atoms with van der Waals surface area (Å²) in [7, 11) is 4.07. The molecule has 1 amide bonds. The lowest BCUT2D eigenvalue weighted by atomic mass is 9.86. The fourth-order valence-corrected chi connectivity index (χ4v) is 4.14. The number of carbonyl (C=O) groups is 1. The van der Waals surface area contributed by atoms with Crippen molar-refractivity contribution in [3.63, 3.8) is 0 Å². The van der Waals surface area contributed by atoms with Crippen LogP contribution in [0.4, 0.5) is 0 Å². The number of hydrogen-bond donors (Lipinski definition) is 1. The van der Waals surface area contributed by atoms with Crippen molar-refractivity contribution >= 4 is 5.91 Å². The Bertz CT molecular complexity index is 361. The van der Waals surface area contributed by atoms with Gasteiger partial charge in [0.2, 0.25) is 5.91 Å². The second kappa shape index (κ2) is 5.04. The van der Waals surface area contributed by atoms with E-state index in [1.54, 1.807) is 0 Å². The number of nitrogens with two attached hydrogens (primary N) is 1. The maximum absolute atomic E-state index is 12.2. The van der Waals surface area contributed by atoms with Gasteiger partial charge in [0, 0.05) is 38.8 Å². The Morgan fingerprint density at radius 2 is 1.89 bits per heavy atom. The van der Waals surface area contributed by atoms with Crippen LogP contribution in [0.2, 0.25) is 0 Å². The van der Waals surface area contributed by atoms with Crippen LogP contribution in [0.25, 0.3) is 0 Å². The van der Waals surface area contributed by atoms with Gasteiger partial charge in [-0.05, 0) is 38.9 Å². The average molecular weight is 266 g/mol. The number of piperidine rings is 2. The van der Waals surface area contributed by atoms with Gasteiger partial charge < -0.3 is 15.5 Å². The van der Waals surface area contributed by atoms with E-state index in [4.69, 9.17) is 5.73 Å². The maximum atomic E-state index is 12.2. The van der Waals surface area contributed by atoms with Crippen molar-refractivity contribution in [3.05, 3.63) is 0 Å². The van der Waals surface area contributed by atoms with Gasteiger partial charge in [-0.15, -0.1) is 0 Å². The lowest BCUT2D eigenvalue weighted by Gasteiger charge is -2.44. The summed E-state index contributed by atoms with van der Waals surface area (Å²) in [5, 5.41) is 0. The first-order valence-corrected chi connectivity index (χ1v) is 7.49. The van der Waals surface area contributed by atoms with Gasteiger partial charge in [-0.25, -0.2) is 0 Å². The van der Waals surface area contributed by atoms with E-state index in [9.17, 15) is 4.79 Å². The second-order valence-corrected chi connectivity index (χ2v) is 6.65. The van der Waals surface area contributed by atoms with Gasteiger partial charge in [-0.1, -0.05) is 0 Å². The standard InChI is InChI=1S/C14H26N4O/c1-16-5-4-13(12(15)9-16)18-6-3-10-7-17(2)14(19)11(10)8-18/h10-13H,3-9,15H2,1-2H3/t10-,11-,12?,13?/m0/s1. The summed E-state index contributed by atoms with van der Waals surface area (Å²) < 4.78 is 0. The summed E-state index contributed by atoms with van der Waals surface area (Å²) in [5.41, 5.74) is 6.32. The normalized spacial score (nSPS) is 41.6. The Labute approximate surface area is 115 Å². The summed E-state index contributed by atoms with van der Waals surface area (Å²) >= 11 is 0. The topological polar surface area (TPSA) is 52.8 Å². The Balaban J connectivity index is 1.66. The number of carbonyl (C=O) groups excluding carboxylic acids is 1. The smallest absolute Gasteiger partial charge is 0.227 e. The molecule has 0 aliphatic carbocycles. The number of amides is 1. The molecule has 3 rings (SSSR count). The maximum Gasteiger partial charge on any atom is 0.227 e. The molecule has 3 aliphatic heterocycles. The summed E-state index contributed by atoms with van der Waals surface area (Å²) in [6.45, 7) is 5.09. The zero-order chi connectivity index (χ0) is 13.6. The van der Waals surface area contributed by atoms with Crippen molar-refractivity contribution in [1.82, 2.24) is 14.7 Å². The molecule has 3 aliphatic rings. The minimum Gasteiger partial charge on any atom is -0.345 e. The summed E-state index contributed by atoms with van der Waals surface area (Å²) in [5.74, 6) is 1.15. The molecule has 0 aromatic carbocycles. The van der Waals surface area contributed by atoms with E-state index in [-0.39, 0.29) is 12.0 Å². The monoisotopic (exact) mass is 266 g/mol. The van der Waals surface area contributed by atoms with Crippen LogP contribution in [0, 0.1) is 11.8 Å². The van der Waals surface area contributed by atoms with Crippen LogP contribution < -0.4 is 5.73 Å². The van der Waals surface area contributed by atoms with Crippen molar-refractivity contribution < 1.29 is 4.79 Å². The third kappa shape index (κ3) is 2.39. The predicted octanol–water partition coefficient (Wildman–Crippen LogP) is -0.572. The highest BCUT2D eigenvalue weighted by Crippen LogP contribution is 2.33. The fraction of sp³-hybridized carbons (Fsp3) is 0.929. The zero-order valence-electron chi connectivity index (χ0n) is 12.1. The highest BCUT2D eigenvalue weighted by molar-refractivity contribution is 5.81.